The van der Waals surface area contributed by atoms with Gasteiger partial charge in [-0.15, -0.1) is 0 Å². The summed E-state index contributed by atoms with van der Waals surface area (Å²) in [6, 6.07) is 0. The molecule has 0 unspecified atom stereocenters. The molecule has 1 aliphatic rings. The van der Waals surface area contributed by atoms with Crippen LogP contribution in [0.25, 0.3) is 0 Å². The monoisotopic (exact) mass is 211 g/mol. The number of carboxylic acids is 1. The Morgan fingerprint density at radius 2 is 2.07 bits per heavy atom. The molecular weight excluding hydrogens is 199 g/mol. The molecule has 1 N–H and O–H groups in total. The fourth-order valence-corrected chi connectivity index (χ4v) is 1.74. The summed E-state index contributed by atoms with van der Waals surface area (Å²) in [4.78, 5) is 12.1. The predicted molar refractivity (Wildman–Crippen MR) is 42.8 cm³/mol. The molecule has 6 heteroatoms. The fraction of sp³-hybridized carbons (Fsp3) is 0.875. The van der Waals surface area contributed by atoms with Crippen LogP contribution >= 0.6 is 0 Å². The summed E-state index contributed by atoms with van der Waals surface area (Å²) in [5.74, 6) is -4.37. The van der Waals surface area contributed by atoms with Crippen molar-refractivity contribution in [3.05, 3.63) is 0 Å². The summed E-state index contributed by atoms with van der Waals surface area (Å²) >= 11 is 0. The highest BCUT2D eigenvalue weighted by Crippen LogP contribution is 2.36. The lowest BCUT2D eigenvalue weighted by atomic mass is 9.85. The molecule has 0 aromatic carbocycles. The third kappa shape index (κ3) is 2.37. The average Bonchev–Trinajstić information content (AvgIpc) is 2.01. The lowest BCUT2D eigenvalue weighted by Crippen LogP contribution is -2.47. The summed E-state index contributed by atoms with van der Waals surface area (Å²) in [5, 5.41) is 8.64. The topological polar surface area (TPSA) is 40.5 Å². The van der Waals surface area contributed by atoms with Gasteiger partial charge in [0.25, 0.3) is 0 Å². The molecule has 1 aliphatic heterocycles. The van der Waals surface area contributed by atoms with Gasteiger partial charge in [0.1, 0.15) is 0 Å². The van der Waals surface area contributed by atoms with Crippen LogP contribution in [0.15, 0.2) is 0 Å². The standard InChI is InChI=1S/C8H12F3NO2/c1-12-3-2-5(7(13)14)6(4-12)8(9,10)11/h5-6H,2-4H2,1H3,(H,13,14)/t5-,6-/m1/s1. The number of carboxylic acid groups (broad SMARTS) is 1. The van der Waals surface area contributed by atoms with Crippen LogP contribution in [0.1, 0.15) is 6.42 Å². The predicted octanol–water partition coefficient (Wildman–Crippen LogP) is 1.20. The van der Waals surface area contributed by atoms with E-state index in [4.69, 9.17) is 5.11 Å². The van der Waals surface area contributed by atoms with Crippen LogP contribution < -0.4 is 0 Å². The Balaban J connectivity index is 2.79. The van der Waals surface area contributed by atoms with Gasteiger partial charge < -0.3 is 10.0 Å². The van der Waals surface area contributed by atoms with Crippen LogP contribution in [0, 0.1) is 11.8 Å². The number of piperidine rings is 1. The molecule has 82 valence electrons. The van der Waals surface area contributed by atoms with Crippen molar-refractivity contribution in [2.45, 2.75) is 12.6 Å². The van der Waals surface area contributed by atoms with E-state index in [1.807, 2.05) is 0 Å². The largest absolute Gasteiger partial charge is 0.481 e. The van der Waals surface area contributed by atoms with Crippen molar-refractivity contribution in [1.82, 2.24) is 4.90 Å². The maximum Gasteiger partial charge on any atom is 0.393 e. The molecule has 0 aliphatic carbocycles. The van der Waals surface area contributed by atoms with Gasteiger partial charge in [-0.25, -0.2) is 0 Å². The lowest BCUT2D eigenvalue weighted by molar-refractivity contribution is -0.206. The highest BCUT2D eigenvalue weighted by Gasteiger charge is 2.49. The molecule has 0 spiro atoms. The lowest BCUT2D eigenvalue weighted by Gasteiger charge is -2.35. The van der Waals surface area contributed by atoms with Crippen LogP contribution in [0.3, 0.4) is 0 Å². The summed E-state index contributed by atoms with van der Waals surface area (Å²) in [5.41, 5.74) is 0. The highest BCUT2D eigenvalue weighted by molar-refractivity contribution is 5.70. The molecule has 0 aromatic heterocycles. The molecule has 1 rings (SSSR count). The van der Waals surface area contributed by atoms with Crippen molar-refractivity contribution in [3.63, 3.8) is 0 Å². The zero-order valence-corrected chi connectivity index (χ0v) is 7.71. The van der Waals surface area contributed by atoms with E-state index in [0.717, 1.165) is 0 Å². The summed E-state index contributed by atoms with van der Waals surface area (Å²) in [6.07, 6.45) is -4.35. The number of aliphatic carboxylic acids is 1. The van der Waals surface area contributed by atoms with Gasteiger partial charge in [0.15, 0.2) is 0 Å². The van der Waals surface area contributed by atoms with E-state index in [1.165, 1.54) is 4.90 Å². The Morgan fingerprint density at radius 3 is 2.50 bits per heavy atom. The fourth-order valence-electron chi connectivity index (χ4n) is 1.74. The van der Waals surface area contributed by atoms with Gasteiger partial charge in [-0.05, 0) is 20.0 Å². The SMILES string of the molecule is CN1CC[C@@H](C(=O)O)[C@H](C(F)(F)F)C1. The van der Waals surface area contributed by atoms with Crippen LogP contribution in [-0.4, -0.2) is 42.3 Å². The van der Waals surface area contributed by atoms with E-state index in [9.17, 15) is 18.0 Å². The van der Waals surface area contributed by atoms with Gasteiger partial charge in [-0.2, -0.15) is 13.2 Å². The Morgan fingerprint density at radius 1 is 1.50 bits per heavy atom. The van der Waals surface area contributed by atoms with Crippen molar-refractivity contribution in [1.29, 1.82) is 0 Å². The normalized spacial score (nSPS) is 30.3. The minimum absolute atomic E-state index is 0.0655. The molecule has 0 aromatic rings. The van der Waals surface area contributed by atoms with Gasteiger partial charge in [0.2, 0.25) is 0 Å². The first-order chi connectivity index (χ1) is 6.32. The summed E-state index contributed by atoms with van der Waals surface area (Å²) in [6.45, 7) is 0.185. The number of halogens is 3. The van der Waals surface area contributed by atoms with Crippen LogP contribution in [-0.2, 0) is 4.79 Å². The molecule has 14 heavy (non-hydrogen) atoms. The maximum absolute atomic E-state index is 12.4. The molecule has 1 saturated heterocycles. The number of nitrogens with zero attached hydrogens (tertiary/aromatic N) is 1. The molecule has 0 radical (unpaired) electrons. The second-order valence-corrected chi connectivity index (χ2v) is 3.64. The van der Waals surface area contributed by atoms with Gasteiger partial charge >= 0.3 is 12.1 Å². The Bertz CT molecular complexity index is 229. The van der Waals surface area contributed by atoms with Crippen molar-refractivity contribution < 1.29 is 23.1 Å². The number of carbonyl (C=O) groups is 1. The molecule has 3 nitrogen and oxygen atoms in total. The second kappa shape index (κ2) is 3.76. The van der Waals surface area contributed by atoms with E-state index in [0.29, 0.717) is 6.54 Å². The van der Waals surface area contributed by atoms with E-state index in [-0.39, 0.29) is 13.0 Å². The first-order valence-electron chi connectivity index (χ1n) is 4.30. The third-order valence-corrected chi connectivity index (χ3v) is 2.55. The maximum atomic E-state index is 12.4. The van der Waals surface area contributed by atoms with E-state index in [2.05, 4.69) is 0 Å². The molecular formula is C8H12F3NO2. The molecule has 0 bridgehead atoms. The number of likely N-dealkylation sites (tertiary alicyclic amines) is 1. The number of hydrogen-bond donors (Lipinski definition) is 1. The number of alkyl halides is 3. The van der Waals surface area contributed by atoms with Crippen molar-refractivity contribution in [2.24, 2.45) is 11.8 Å². The van der Waals surface area contributed by atoms with Crippen LogP contribution in [0.4, 0.5) is 13.2 Å². The Kier molecular flexibility index (Phi) is 3.04. The molecule has 0 saturated carbocycles. The first-order valence-corrected chi connectivity index (χ1v) is 4.30. The zero-order valence-electron chi connectivity index (χ0n) is 7.71. The molecule has 1 heterocycles. The molecule has 0 amide bonds. The van der Waals surface area contributed by atoms with Gasteiger partial charge in [-0.3, -0.25) is 4.79 Å². The number of hydrogen-bond acceptors (Lipinski definition) is 2. The smallest absolute Gasteiger partial charge is 0.393 e. The Labute approximate surface area is 79.5 Å². The van der Waals surface area contributed by atoms with Gasteiger partial charge in [0.05, 0.1) is 11.8 Å². The minimum atomic E-state index is -4.42. The van der Waals surface area contributed by atoms with E-state index >= 15 is 0 Å². The molecule has 2 atom stereocenters. The summed E-state index contributed by atoms with van der Waals surface area (Å²) in [7, 11) is 1.57. The van der Waals surface area contributed by atoms with Crippen LogP contribution in [0.2, 0.25) is 0 Å². The highest BCUT2D eigenvalue weighted by atomic mass is 19.4. The quantitative estimate of drug-likeness (QED) is 0.708. The average molecular weight is 211 g/mol. The molecule has 1 fully saturated rings. The van der Waals surface area contributed by atoms with Crippen molar-refractivity contribution in [2.75, 3.05) is 20.1 Å². The van der Waals surface area contributed by atoms with E-state index in [1.54, 1.807) is 7.05 Å². The summed E-state index contributed by atoms with van der Waals surface area (Å²) < 4.78 is 37.3. The van der Waals surface area contributed by atoms with Gasteiger partial charge in [0, 0.05) is 6.54 Å². The third-order valence-electron chi connectivity index (χ3n) is 2.55. The van der Waals surface area contributed by atoms with Crippen LogP contribution in [0.5, 0.6) is 0 Å². The Hall–Kier alpha value is -0.780. The van der Waals surface area contributed by atoms with Crippen molar-refractivity contribution in [3.8, 4) is 0 Å². The zero-order chi connectivity index (χ0) is 10.9. The van der Waals surface area contributed by atoms with E-state index < -0.39 is 24.0 Å². The second-order valence-electron chi connectivity index (χ2n) is 3.64. The van der Waals surface area contributed by atoms with Gasteiger partial charge in [-0.1, -0.05) is 0 Å². The number of rotatable bonds is 1. The van der Waals surface area contributed by atoms with Crippen molar-refractivity contribution >= 4 is 5.97 Å². The first kappa shape index (κ1) is 11.3. The minimum Gasteiger partial charge on any atom is -0.481 e.